The molecule has 0 aromatic heterocycles. The Morgan fingerprint density at radius 2 is 1.24 bits per heavy atom. The highest BCUT2D eigenvalue weighted by atomic mass is 16.2. The maximum Gasteiger partial charge on any atom is 0.246 e. The van der Waals surface area contributed by atoms with Crippen molar-refractivity contribution in [1.29, 1.82) is 0 Å². The van der Waals surface area contributed by atoms with Gasteiger partial charge in [-0.1, -0.05) is 53.4 Å². The highest BCUT2D eigenvalue weighted by Crippen LogP contribution is 2.16. The van der Waals surface area contributed by atoms with Crippen LogP contribution in [0.15, 0.2) is 0 Å². The Labute approximate surface area is 201 Å². The predicted molar refractivity (Wildman–Crippen MR) is 133 cm³/mol. The fraction of sp³-hybridized carbons (Fsp3) is 0.840. The lowest BCUT2D eigenvalue weighted by Crippen LogP contribution is -2.40. The molecule has 0 saturated carbocycles. The molecule has 2 heterocycles. The molecular formula is C25H48N4O4. The molecule has 1 N–H and O–H groups in total. The van der Waals surface area contributed by atoms with Crippen LogP contribution in [-0.2, 0) is 19.2 Å². The van der Waals surface area contributed by atoms with Crippen molar-refractivity contribution < 1.29 is 19.2 Å². The second-order valence-corrected chi connectivity index (χ2v) is 9.02. The lowest BCUT2D eigenvalue weighted by Gasteiger charge is -2.16. The normalized spacial score (nSPS) is 18.0. The van der Waals surface area contributed by atoms with Gasteiger partial charge in [-0.25, -0.2) is 0 Å². The molecule has 2 aliphatic heterocycles. The average Bonchev–Trinajstić information content (AvgIpc) is 3.21. The van der Waals surface area contributed by atoms with E-state index in [0.29, 0.717) is 25.9 Å². The molecule has 2 fully saturated rings. The van der Waals surface area contributed by atoms with Gasteiger partial charge in [-0.2, -0.15) is 0 Å². The maximum absolute atomic E-state index is 12.4. The molecular weight excluding hydrogens is 420 g/mol. The molecule has 8 nitrogen and oxygen atoms in total. The van der Waals surface area contributed by atoms with E-state index in [9.17, 15) is 19.2 Å². The third-order valence-electron chi connectivity index (χ3n) is 5.09. The van der Waals surface area contributed by atoms with Crippen LogP contribution in [0.5, 0.6) is 0 Å². The summed E-state index contributed by atoms with van der Waals surface area (Å²) in [6.45, 7) is 11.1. The van der Waals surface area contributed by atoms with Crippen LogP contribution in [0.4, 0.5) is 0 Å². The van der Waals surface area contributed by atoms with Crippen LogP contribution in [-0.4, -0.2) is 84.6 Å². The average molecular weight is 469 g/mol. The smallest absolute Gasteiger partial charge is 0.246 e. The Balaban J connectivity index is 0.00000154. The number of carbonyl (C=O) groups excluding carboxylic acids is 4. The van der Waals surface area contributed by atoms with Crippen LogP contribution in [0.2, 0.25) is 0 Å². The number of hydrogen-bond donors (Lipinski definition) is 1. The van der Waals surface area contributed by atoms with Gasteiger partial charge in [0.2, 0.25) is 23.6 Å². The zero-order valence-electron chi connectivity index (χ0n) is 22.0. The molecule has 2 saturated heterocycles. The fourth-order valence-electron chi connectivity index (χ4n) is 3.51. The van der Waals surface area contributed by atoms with E-state index in [1.807, 2.05) is 14.1 Å². The summed E-state index contributed by atoms with van der Waals surface area (Å²) in [7, 11) is 4.01. The summed E-state index contributed by atoms with van der Waals surface area (Å²) in [6, 6.07) is -0.383. The topological polar surface area (TPSA) is 90.0 Å². The molecule has 0 spiro atoms. The molecule has 33 heavy (non-hydrogen) atoms. The highest BCUT2D eigenvalue weighted by molar-refractivity contribution is 6.05. The summed E-state index contributed by atoms with van der Waals surface area (Å²) >= 11 is 0. The lowest BCUT2D eigenvalue weighted by molar-refractivity contribution is -0.140. The molecule has 1 atom stereocenters. The van der Waals surface area contributed by atoms with Crippen molar-refractivity contribution in [3.63, 3.8) is 0 Å². The number of amides is 4. The maximum atomic E-state index is 12.4. The molecule has 8 heteroatoms. The quantitative estimate of drug-likeness (QED) is 0.349. The van der Waals surface area contributed by atoms with Crippen LogP contribution >= 0.6 is 0 Å². The van der Waals surface area contributed by atoms with Crippen LogP contribution in [0.3, 0.4) is 0 Å². The number of nitrogens with zero attached hydrogens (tertiary/aromatic N) is 3. The Hall–Kier alpha value is -1.80. The van der Waals surface area contributed by atoms with Gasteiger partial charge in [0.05, 0.1) is 12.5 Å². The first kappa shape index (κ1) is 31.2. The van der Waals surface area contributed by atoms with Crippen molar-refractivity contribution in [3.8, 4) is 0 Å². The van der Waals surface area contributed by atoms with Gasteiger partial charge < -0.3 is 10.2 Å². The first-order valence-corrected chi connectivity index (χ1v) is 12.8. The van der Waals surface area contributed by atoms with E-state index in [0.717, 1.165) is 45.2 Å². The van der Waals surface area contributed by atoms with Gasteiger partial charge >= 0.3 is 0 Å². The molecule has 0 aromatic carbocycles. The Kier molecular flexibility index (Phi) is 17.6. The summed E-state index contributed by atoms with van der Waals surface area (Å²) in [5.74, 6) is -0.355. The van der Waals surface area contributed by atoms with Crippen molar-refractivity contribution >= 4 is 23.6 Å². The summed E-state index contributed by atoms with van der Waals surface area (Å²) in [4.78, 5) is 52.3. The summed E-state index contributed by atoms with van der Waals surface area (Å²) in [6.07, 6.45) is 7.63. The molecule has 0 aromatic rings. The lowest BCUT2D eigenvalue weighted by atomic mass is 10.2. The standard InChI is InChI=1S/C19H32N4O4.2C3H8/c1-21(2)11-7-10-20-15-14-18(26)23(19(15)27)13-6-4-3-5-12-22-16(24)8-9-17(22)25;2*1-3-2/h15,20H,3-14H2,1-2H3;2*3H2,1-2H3. The van der Waals surface area contributed by atoms with Gasteiger partial charge in [-0.3, -0.25) is 29.0 Å². The van der Waals surface area contributed by atoms with Gasteiger partial charge in [-0.05, 0) is 46.4 Å². The Morgan fingerprint density at radius 1 is 0.758 bits per heavy atom. The minimum atomic E-state index is -0.383. The van der Waals surface area contributed by atoms with Gasteiger partial charge in [0.25, 0.3) is 0 Å². The van der Waals surface area contributed by atoms with Crippen molar-refractivity contribution in [2.45, 2.75) is 97.9 Å². The van der Waals surface area contributed by atoms with Crippen LogP contribution in [0.25, 0.3) is 0 Å². The minimum Gasteiger partial charge on any atom is -0.309 e. The minimum absolute atomic E-state index is 0.0719. The molecule has 192 valence electrons. The molecule has 1 unspecified atom stereocenters. The van der Waals surface area contributed by atoms with Crippen molar-refractivity contribution in [2.24, 2.45) is 0 Å². The molecule has 2 rings (SSSR count). The molecule has 0 radical (unpaired) electrons. The number of rotatable bonds is 12. The van der Waals surface area contributed by atoms with E-state index >= 15 is 0 Å². The van der Waals surface area contributed by atoms with Gasteiger partial charge in [0.15, 0.2) is 0 Å². The van der Waals surface area contributed by atoms with E-state index in [1.54, 1.807) is 0 Å². The molecule has 4 amide bonds. The van der Waals surface area contributed by atoms with Gasteiger partial charge in [0.1, 0.15) is 0 Å². The first-order valence-electron chi connectivity index (χ1n) is 12.8. The molecule has 0 bridgehead atoms. The van der Waals surface area contributed by atoms with Crippen LogP contribution < -0.4 is 5.32 Å². The van der Waals surface area contributed by atoms with Crippen molar-refractivity contribution in [3.05, 3.63) is 0 Å². The van der Waals surface area contributed by atoms with Crippen LogP contribution in [0.1, 0.15) is 91.9 Å². The van der Waals surface area contributed by atoms with E-state index in [-0.39, 0.29) is 36.1 Å². The SMILES string of the molecule is CCC.CCC.CN(C)CCCNC1CC(=O)N(CCCCCCN2C(=O)CCC2=O)C1=O. The van der Waals surface area contributed by atoms with E-state index in [2.05, 4.69) is 37.9 Å². The first-order chi connectivity index (χ1) is 15.7. The number of unbranched alkanes of at least 4 members (excludes halogenated alkanes) is 3. The second kappa shape index (κ2) is 18.6. The third-order valence-corrected chi connectivity index (χ3v) is 5.09. The number of carbonyl (C=O) groups is 4. The second-order valence-electron chi connectivity index (χ2n) is 9.02. The largest absolute Gasteiger partial charge is 0.309 e. The Morgan fingerprint density at radius 3 is 1.73 bits per heavy atom. The van der Waals surface area contributed by atoms with Crippen molar-refractivity contribution in [1.82, 2.24) is 20.0 Å². The fourth-order valence-corrected chi connectivity index (χ4v) is 3.51. The summed E-state index contributed by atoms with van der Waals surface area (Å²) < 4.78 is 0. The number of hydrogen-bond acceptors (Lipinski definition) is 6. The number of likely N-dealkylation sites (tertiary alicyclic amines) is 2. The van der Waals surface area contributed by atoms with Gasteiger partial charge in [0, 0.05) is 25.9 Å². The third kappa shape index (κ3) is 12.9. The van der Waals surface area contributed by atoms with E-state index in [4.69, 9.17) is 0 Å². The molecule has 0 aliphatic carbocycles. The summed E-state index contributed by atoms with van der Waals surface area (Å²) in [5.41, 5.74) is 0. The Bertz CT molecular complexity index is 577. The van der Waals surface area contributed by atoms with E-state index < -0.39 is 0 Å². The summed E-state index contributed by atoms with van der Waals surface area (Å²) in [5, 5.41) is 3.19. The van der Waals surface area contributed by atoms with Crippen molar-refractivity contribution in [2.75, 3.05) is 40.3 Å². The number of imide groups is 2. The number of nitrogens with one attached hydrogen (secondary N) is 1. The van der Waals surface area contributed by atoms with Gasteiger partial charge in [-0.15, -0.1) is 0 Å². The molecule has 2 aliphatic rings. The predicted octanol–water partition coefficient (Wildman–Crippen LogP) is 3.20. The highest BCUT2D eigenvalue weighted by Gasteiger charge is 2.37. The zero-order chi connectivity index (χ0) is 25.2. The van der Waals surface area contributed by atoms with E-state index in [1.165, 1.54) is 22.6 Å². The zero-order valence-corrected chi connectivity index (χ0v) is 22.0. The van der Waals surface area contributed by atoms with Crippen LogP contribution in [0, 0.1) is 0 Å². The monoisotopic (exact) mass is 468 g/mol.